The molecule has 1 saturated heterocycles. The summed E-state index contributed by atoms with van der Waals surface area (Å²) in [7, 11) is 0. The molecule has 1 saturated carbocycles. The molecule has 0 bridgehead atoms. The molecule has 1 aliphatic carbocycles. The highest BCUT2D eigenvalue weighted by Crippen LogP contribution is 2.29. The maximum Gasteiger partial charge on any atom is 0.257 e. The number of amides is 1. The van der Waals surface area contributed by atoms with Crippen molar-refractivity contribution >= 4 is 5.91 Å². The van der Waals surface area contributed by atoms with E-state index in [1.54, 1.807) is 6.20 Å². The van der Waals surface area contributed by atoms with Crippen molar-refractivity contribution in [2.24, 2.45) is 0 Å². The fourth-order valence-corrected chi connectivity index (χ4v) is 4.23. The molecule has 134 valence electrons. The van der Waals surface area contributed by atoms with Crippen LogP contribution in [0.25, 0.3) is 0 Å². The summed E-state index contributed by atoms with van der Waals surface area (Å²) < 4.78 is 2.02. The number of nitrogens with zero attached hydrogens (tertiary/aromatic N) is 4. The second kappa shape index (κ2) is 7.02. The standard InChI is InChI=1S/C19H27N5O/c1-14-10-18(22-21-14)15-6-5-9-23(12-15)19(25)16-11-20-24(13-16)17-7-3-2-4-8-17/h10-11,13,15,17H,2-9,12H2,1H3,(H,21,22). The molecule has 2 aliphatic rings. The number of H-pyrrole nitrogens is 1. The van der Waals surface area contributed by atoms with Gasteiger partial charge in [-0.1, -0.05) is 19.3 Å². The number of aryl methyl sites for hydroxylation is 1. The van der Waals surface area contributed by atoms with Gasteiger partial charge >= 0.3 is 0 Å². The number of rotatable bonds is 3. The average Bonchev–Trinajstić information content (AvgIpc) is 3.31. The van der Waals surface area contributed by atoms with E-state index in [-0.39, 0.29) is 5.91 Å². The predicted octanol–water partition coefficient (Wildman–Crippen LogP) is 3.44. The van der Waals surface area contributed by atoms with E-state index in [1.807, 2.05) is 22.7 Å². The molecule has 2 aromatic rings. The van der Waals surface area contributed by atoms with Gasteiger partial charge in [-0.3, -0.25) is 14.6 Å². The molecule has 1 amide bonds. The average molecular weight is 341 g/mol. The van der Waals surface area contributed by atoms with Gasteiger partial charge in [-0.05, 0) is 38.7 Å². The maximum atomic E-state index is 12.9. The summed E-state index contributed by atoms with van der Waals surface area (Å²) in [6.07, 6.45) is 12.0. The minimum Gasteiger partial charge on any atom is -0.338 e. The Kier molecular flexibility index (Phi) is 4.59. The van der Waals surface area contributed by atoms with E-state index >= 15 is 0 Å². The van der Waals surface area contributed by atoms with Crippen LogP contribution in [0.4, 0.5) is 0 Å². The first kappa shape index (κ1) is 16.4. The van der Waals surface area contributed by atoms with Crippen molar-refractivity contribution in [2.75, 3.05) is 13.1 Å². The summed E-state index contributed by atoms with van der Waals surface area (Å²) in [6, 6.07) is 2.57. The zero-order valence-electron chi connectivity index (χ0n) is 14.9. The van der Waals surface area contributed by atoms with E-state index in [9.17, 15) is 4.79 Å². The SMILES string of the molecule is Cc1cc(C2CCCN(C(=O)c3cnn(C4CCCCC4)c3)C2)n[nH]1. The van der Waals surface area contributed by atoms with Crippen LogP contribution in [0.15, 0.2) is 18.5 Å². The Hall–Kier alpha value is -2.11. The Labute approximate surface area is 148 Å². The smallest absolute Gasteiger partial charge is 0.257 e. The molecular formula is C19H27N5O. The number of carbonyl (C=O) groups is 1. The normalized spacial score (nSPS) is 22.3. The first-order valence-electron chi connectivity index (χ1n) is 9.56. The largest absolute Gasteiger partial charge is 0.338 e. The van der Waals surface area contributed by atoms with E-state index in [2.05, 4.69) is 21.4 Å². The summed E-state index contributed by atoms with van der Waals surface area (Å²) >= 11 is 0. The molecule has 3 heterocycles. The van der Waals surface area contributed by atoms with Crippen molar-refractivity contribution in [1.82, 2.24) is 24.9 Å². The molecule has 2 aromatic heterocycles. The van der Waals surface area contributed by atoms with Crippen molar-refractivity contribution in [3.05, 3.63) is 35.4 Å². The third kappa shape index (κ3) is 3.48. The highest BCUT2D eigenvalue weighted by atomic mass is 16.2. The monoisotopic (exact) mass is 341 g/mol. The Morgan fingerprint density at radius 1 is 1.20 bits per heavy atom. The molecule has 25 heavy (non-hydrogen) atoms. The molecule has 6 heteroatoms. The van der Waals surface area contributed by atoms with Gasteiger partial charge in [0.25, 0.3) is 5.91 Å². The molecule has 4 rings (SSSR count). The number of likely N-dealkylation sites (tertiary alicyclic amines) is 1. The van der Waals surface area contributed by atoms with Crippen LogP contribution in [-0.2, 0) is 0 Å². The molecular weight excluding hydrogens is 314 g/mol. The van der Waals surface area contributed by atoms with E-state index in [4.69, 9.17) is 0 Å². The van der Waals surface area contributed by atoms with E-state index in [0.29, 0.717) is 12.0 Å². The third-order valence-electron chi connectivity index (χ3n) is 5.65. The molecule has 0 spiro atoms. The molecule has 0 aromatic carbocycles. The van der Waals surface area contributed by atoms with Crippen molar-refractivity contribution < 1.29 is 4.79 Å². The van der Waals surface area contributed by atoms with Crippen LogP contribution < -0.4 is 0 Å². The highest BCUT2D eigenvalue weighted by molar-refractivity contribution is 5.93. The zero-order valence-corrected chi connectivity index (χ0v) is 14.9. The molecule has 1 unspecified atom stereocenters. The van der Waals surface area contributed by atoms with Gasteiger partial charge in [-0.25, -0.2) is 0 Å². The maximum absolute atomic E-state index is 12.9. The number of hydrogen-bond acceptors (Lipinski definition) is 3. The Balaban J connectivity index is 1.44. The van der Waals surface area contributed by atoms with Crippen molar-refractivity contribution in [1.29, 1.82) is 0 Å². The van der Waals surface area contributed by atoms with Gasteiger partial charge in [0.1, 0.15) is 0 Å². The van der Waals surface area contributed by atoms with E-state index in [1.165, 1.54) is 32.1 Å². The number of nitrogens with one attached hydrogen (secondary N) is 1. The first-order valence-corrected chi connectivity index (χ1v) is 9.56. The zero-order chi connectivity index (χ0) is 17.2. The number of aromatic nitrogens is 4. The van der Waals surface area contributed by atoms with E-state index in [0.717, 1.165) is 42.9 Å². The number of carbonyl (C=O) groups excluding carboxylic acids is 1. The van der Waals surface area contributed by atoms with Gasteiger partial charge in [-0.2, -0.15) is 10.2 Å². The van der Waals surface area contributed by atoms with Crippen LogP contribution in [0.3, 0.4) is 0 Å². The van der Waals surface area contributed by atoms with Gasteiger partial charge in [0, 0.05) is 30.9 Å². The minimum absolute atomic E-state index is 0.110. The lowest BCUT2D eigenvalue weighted by atomic mass is 9.94. The van der Waals surface area contributed by atoms with Gasteiger partial charge in [0.15, 0.2) is 0 Å². The quantitative estimate of drug-likeness (QED) is 0.930. The van der Waals surface area contributed by atoms with Crippen LogP contribution in [0.1, 0.15) is 78.7 Å². The van der Waals surface area contributed by atoms with E-state index < -0.39 is 0 Å². The Bertz CT molecular complexity index is 728. The molecule has 6 nitrogen and oxygen atoms in total. The van der Waals surface area contributed by atoms with Crippen LogP contribution in [-0.4, -0.2) is 43.9 Å². The van der Waals surface area contributed by atoms with Crippen LogP contribution >= 0.6 is 0 Å². The minimum atomic E-state index is 0.110. The predicted molar refractivity (Wildman–Crippen MR) is 95.6 cm³/mol. The second-order valence-electron chi connectivity index (χ2n) is 7.57. The molecule has 0 radical (unpaired) electrons. The Morgan fingerprint density at radius 2 is 2.04 bits per heavy atom. The lowest BCUT2D eigenvalue weighted by Crippen LogP contribution is -2.39. The van der Waals surface area contributed by atoms with Crippen LogP contribution in [0, 0.1) is 6.92 Å². The van der Waals surface area contributed by atoms with Crippen LogP contribution in [0.2, 0.25) is 0 Å². The number of hydrogen-bond donors (Lipinski definition) is 1. The number of aromatic amines is 1. The summed E-state index contributed by atoms with van der Waals surface area (Å²) in [6.45, 7) is 3.59. The molecule has 1 aliphatic heterocycles. The van der Waals surface area contributed by atoms with Gasteiger partial charge < -0.3 is 4.90 Å². The van der Waals surface area contributed by atoms with Crippen molar-refractivity contribution in [2.45, 2.75) is 63.8 Å². The second-order valence-corrected chi connectivity index (χ2v) is 7.57. The Morgan fingerprint density at radius 3 is 2.80 bits per heavy atom. The molecule has 1 N–H and O–H groups in total. The van der Waals surface area contributed by atoms with Crippen molar-refractivity contribution in [3.8, 4) is 0 Å². The highest BCUT2D eigenvalue weighted by Gasteiger charge is 2.28. The van der Waals surface area contributed by atoms with Gasteiger partial charge in [-0.15, -0.1) is 0 Å². The van der Waals surface area contributed by atoms with Gasteiger partial charge in [0.2, 0.25) is 0 Å². The molecule has 2 fully saturated rings. The first-order chi connectivity index (χ1) is 12.2. The summed E-state index contributed by atoms with van der Waals surface area (Å²) in [5.41, 5.74) is 2.88. The molecule has 1 atom stereocenters. The topological polar surface area (TPSA) is 66.8 Å². The van der Waals surface area contributed by atoms with Gasteiger partial charge in [0.05, 0.1) is 23.5 Å². The third-order valence-corrected chi connectivity index (χ3v) is 5.65. The summed E-state index contributed by atoms with van der Waals surface area (Å²) in [4.78, 5) is 14.9. The summed E-state index contributed by atoms with van der Waals surface area (Å²) in [5, 5.41) is 11.9. The number of piperidine rings is 1. The lowest BCUT2D eigenvalue weighted by Gasteiger charge is -2.31. The van der Waals surface area contributed by atoms with Crippen LogP contribution in [0.5, 0.6) is 0 Å². The lowest BCUT2D eigenvalue weighted by molar-refractivity contribution is 0.0705. The van der Waals surface area contributed by atoms with Crippen molar-refractivity contribution in [3.63, 3.8) is 0 Å². The fraction of sp³-hybridized carbons (Fsp3) is 0.632. The summed E-state index contributed by atoms with van der Waals surface area (Å²) in [5.74, 6) is 0.440. The fourth-order valence-electron chi connectivity index (χ4n) is 4.23.